The highest BCUT2D eigenvalue weighted by atomic mass is 32.1. The van der Waals surface area contributed by atoms with E-state index in [-0.39, 0.29) is 0 Å². The minimum atomic E-state index is 0.785. The molecule has 0 aromatic carbocycles. The number of nitrogens with one attached hydrogen (secondary N) is 1. The fourth-order valence-corrected chi connectivity index (χ4v) is 3.14. The Bertz CT molecular complexity index is 549. The number of nitrogens with zero attached hydrogens (tertiary/aromatic N) is 3. The molecule has 0 aliphatic heterocycles. The Kier molecular flexibility index (Phi) is 5.54. The topological polar surface area (TPSA) is 41.8 Å². The molecule has 0 aliphatic rings. The highest BCUT2D eigenvalue weighted by Crippen LogP contribution is 2.20. The van der Waals surface area contributed by atoms with Crippen LogP contribution in [-0.2, 0) is 11.3 Å². The number of hydrogen-bond donors (Lipinski definition) is 1. The van der Waals surface area contributed by atoms with Gasteiger partial charge in [-0.15, -0.1) is 11.3 Å². The third-order valence-electron chi connectivity index (χ3n) is 3.47. The first-order chi connectivity index (χ1) is 9.63. The SMILES string of the molecule is COCCN(C)CCNCc1c(C)nc2scc(C)n12. The van der Waals surface area contributed by atoms with Crippen molar-refractivity contribution in [1.29, 1.82) is 0 Å². The summed E-state index contributed by atoms with van der Waals surface area (Å²) in [4.78, 5) is 7.96. The summed E-state index contributed by atoms with van der Waals surface area (Å²) in [5.74, 6) is 0. The van der Waals surface area contributed by atoms with Crippen molar-refractivity contribution >= 4 is 16.3 Å². The molecule has 0 spiro atoms. The summed E-state index contributed by atoms with van der Waals surface area (Å²) >= 11 is 1.70. The van der Waals surface area contributed by atoms with E-state index in [0.717, 1.165) is 43.4 Å². The number of aromatic nitrogens is 2. The molecule has 0 saturated carbocycles. The normalized spacial score (nSPS) is 11.8. The van der Waals surface area contributed by atoms with Crippen molar-refractivity contribution in [3.05, 3.63) is 22.5 Å². The van der Waals surface area contributed by atoms with Gasteiger partial charge in [0.1, 0.15) is 0 Å². The molecule has 1 N–H and O–H groups in total. The van der Waals surface area contributed by atoms with E-state index in [0.29, 0.717) is 0 Å². The lowest BCUT2D eigenvalue weighted by Gasteiger charge is -2.16. The highest BCUT2D eigenvalue weighted by Gasteiger charge is 2.11. The fraction of sp³-hybridized carbons (Fsp3) is 0.643. The minimum Gasteiger partial charge on any atom is -0.383 e. The lowest BCUT2D eigenvalue weighted by atomic mass is 10.3. The monoisotopic (exact) mass is 296 g/mol. The number of fused-ring (bicyclic) bond motifs is 1. The molecule has 0 bridgehead atoms. The van der Waals surface area contributed by atoms with Crippen molar-refractivity contribution in [2.24, 2.45) is 0 Å². The second-order valence-electron chi connectivity index (χ2n) is 5.11. The van der Waals surface area contributed by atoms with Crippen LogP contribution in [0.1, 0.15) is 17.1 Å². The van der Waals surface area contributed by atoms with Crippen LogP contribution in [-0.4, -0.2) is 54.7 Å². The van der Waals surface area contributed by atoms with Crippen LogP contribution in [0.4, 0.5) is 0 Å². The summed E-state index contributed by atoms with van der Waals surface area (Å²) in [6.07, 6.45) is 0. The van der Waals surface area contributed by atoms with Crippen molar-refractivity contribution in [3.8, 4) is 0 Å². The van der Waals surface area contributed by atoms with E-state index in [1.165, 1.54) is 11.4 Å². The summed E-state index contributed by atoms with van der Waals surface area (Å²) in [5.41, 5.74) is 3.66. The summed E-state index contributed by atoms with van der Waals surface area (Å²) < 4.78 is 7.33. The molecule has 2 rings (SSSR count). The molecule has 0 saturated heterocycles. The maximum Gasteiger partial charge on any atom is 0.194 e. The number of hydrogen-bond acceptors (Lipinski definition) is 5. The minimum absolute atomic E-state index is 0.785. The Hall–Kier alpha value is -0.950. The zero-order valence-corrected chi connectivity index (χ0v) is 13.6. The molecule has 2 aromatic rings. The Labute approximate surface area is 124 Å². The van der Waals surface area contributed by atoms with E-state index in [2.05, 4.69) is 45.9 Å². The van der Waals surface area contributed by atoms with Gasteiger partial charge < -0.3 is 15.0 Å². The van der Waals surface area contributed by atoms with Crippen molar-refractivity contribution in [1.82, 2.24) is 19.6 Å². The number of likely N-dealkylation sites (N-methyl/N-ethyl adjacent to an activating group) is 1. The quantitative estimate of drug-likeness (QED) is 0.753. The highest BCUT2D eigenvalue weighted by molar-refractivity contribution is 7.15. The predicted molar refractivity (Wildman–Crippen MR) is 83.6 cm³/mol. The molecule has 2 heterocycles. The van der Waals surface area contributed by atoms with E-state index in [4.69, 9.17) is 4.74 Å². The van der Waals surface area contributed by atoms with Crippen LogP contribution in [0.25, 0.3) is 4.96 Å². The van der Waals surface area contributed by atoms with Crippen LogP contribution in [0.3, 0.4) is 0 Å². The fourth-order valence-electron chi connectivity index (χ4n) is 2.21. The van der Waals surface area contributed by atoms with Crippen LogP contribution >= 0.6 is 11.3 Å². The molecule has 2 aromatic heterocycles. The molecular formula is C14H24N4OS. The largest absolute Gasteiger partial charge is 0.383 e. The molecule has 6 heteroatoms. The lowest BCUT2D eigenvalue weighted by molar-refractivity contribution is 0.161. The Morgan fingerprint density at radius 3 is 2.95 bits per heavy atom. The zero-order chi connectivity index (χ0) is 14.5. The summed E-state index contributed by atoms with van der Waals surface area (Å²) in [5, 5.41) is 5.66. The number of thiazole rings is 1. The average Bonchev–Trinajstić information content (AvgIpc) is 2.92. The molecule has 0 unspecified atom stereocenters. The van der Waals surface area contributed by atoms with Gasteiger partial charge in [-0.05, 0) is 20.9 Å². The number of methoxy groups -OCH3 is 1. The predicted octanol–water partition coefficient (Wildman–Crippen LogP) is 1.68. The lowest BCUT2D eigenvalue weighted by Crippen LogP contribution is -2.31. The van der Waals surface area contributed by atoms with Crippen LogP contribution < -0.4 is 5.32 Å². The van der Waals surface area contributed by atoms with E-state index >= 15 is 0 Å². The van der Waals surface area contributed by atoms with Gasteiger partial charge >= 0.3 is 0 Å². The molecular weight excluding hydrogens is 272 g/mol. The number of imidazole rings is 1. The first-order valence-corrected chi connectivity index (χ1v) is 7.81. The molecule has 0 amide bonds. The van der Waals surface area contributed by atoms with Gasteiger partial charge in [0.25, 0.3) is 0 Å². The van der Waals surface area contributed by atoms with E-state index in [1.54, 1.807) is 18.4 Å². The molecule has 112 valence electrons. The van der Waals surface area contributed by atoms with Gasteiger partial charge in [0, 0.05) is 44.4 Å². The second kappa shape index (κ2) is 7.17. The summed E-state index contributed by atoms with van der Waals surface area (Å²) in [6, 6.07) is 0. The molecule has 0 aliphatic carbocycles. The van der Waals surface area contributed by atoms with Gasteiger partial charge in [0.2, 0.25) is 0 Å². The van der Waals surface area contributed by atoms with Gasteiger partial charge in [-0.2, -0.15) is 0 Å². The molecule has 5 nitrogen and oxygen atoms in total. The first kappa shape index (κ1) is 15.4. The maximum absolute atomic E-state index is 5.07. The van der Waals surface area contributed by atoms with Crippen molar-refractivity contribution < 1.29 is 4.74 Å². The summed E-state index contributed by atoms with van der Waals surface area (Å²) in [6.45, 7) is 8.82. The Balaban J connectivity index is 1.84. The van der Waals surface area contributed by atoms with Gasteiger partial charge in [-0.3, -0.25) is 4.40 Å². The smallest absolute Gasteiger partial charge is 0.194 e. The average molecular weight is 296 g/mol. The zero-order valence-electron chi connectivity index (χ0n) is 12.8. The van der Waals surface area contributed by atoms with Crippen LogP contribution in [0.15, 0.2) is 5.38 Å². The first-order valence-electron chi connectivity index (χ1n) is 6.93. The maximum atomic E-state index is 5.07. The number of aryl methyl sites for hydroxylation is 2. The van der Waals surface area contributed by atoms with Gasteiger partial charge in [0.15, 0.2) is 4.96 Å². The molecule has 0 fully saturated rings. The van der Waals surface area contributed by atoms with E-state index in [1.807, 2.05) is 0 Å². The molecule has 0 atom stereocenters. The molecule has 0 radical (unpaired) electrons. The van der Waals surface area contributed by atoms with E-state index < -0.39 is 0 Å². The van der Waals surface area contributed by atoms with Crippen LogP contribution in [0.2, 0.25) is 0 Å². The third-order valence-corrected chi connectivity index (χ3v) is 4.41. The summed E-state index contributed by atoms with van der Waals surface area (Å²) in [7, 11) is 3.86. The van der Waals surface area contributed by atoms with Gasteiger partial charge in [0.05, 0.1) is 18.0 Å². The van der Waals surface area contributed by atoms with Crippen LogP contribution in [0, 0.1) is 13.8 Å². The number of rotatable bonds is 8. The van der Waals surface area contributed by atoms with E-state index in [9.17, 15) is 0 Å². The Morgan fingerprint density at radius 1 is 1.40 bits per heavy atom. The molecule has 20 heavy (non-hydrogen) atoms. The third kappa shape index (κ3) is 3.58. The van der Waals surface area contributed by atoms with Crippen molar-refractivity contribution in [2.45, 2.75) is 20.4 Å². The van der Waals surface area contributed by atoms with Crippen LogP contribution in [0.5, 0.6) is 0 Å². The van der Waals surface area contributed by atoms with Gasteiger partial charge in [-0.1, -0.05) is 0 Å². The van der Waals surface area contributed by atoms with Crippen molar-refractivity contribution in [2.75, 3.05) is 40.4 Å². The van der Waals surface area contributed by atoms with Crippen molar-refractivity contribution in [3.63, 3.8) is 0 Å². The Morgan fingerprint density at radius 2 is 2.20 bits per heavy atom. The standard InChI is InChI=1S/C14H24N4OS/c1-11-10-20-14-16-12(2)13(18(11)14)9-15-5-6-17(3)7-8-19-4/h10,15H,5-9H2,1-4H3. The number of ether oxygens (including phenoxy) is 1. The second-order valence-corrected chi connectivity index (χ2v) is 5.95. The van der Waals surface area contributed by atoms with Gasteiger partial charge in [-0.25, -0.2) is 4.98 Å².